The van der Waals surface area contributed by atoms with Crippen molar-refractivity contribution in [1.82, 2.24) is 9.03 Å². The molecule has 0 fully saturated rings. The maximum atomic E-state index is 11.9. The van der Waals surface area contributed by atoms with Gasteiger partial charge in [0.2, 0.25) is 10.0 Å². The summed E-state index contributed by atoms with van der Waals surface area (Å²) in [5.41, 5.74) is 0.630. The van der Waals surface area contributed by atoms with Crippen LogP contribution in [0.15, 0.2) is 24.3 Å². The Bertz CT molecular complexity index is 767. The minimum atomic E-state index is -3.62. The van der Waals surface area contributed by atoms with Gasteiger partial charge in [0.25, 0.3) is 10.2 Å². The van der Waals surface area contributed by atoms with Gasteiger partial charge in [0.15, 0.2) is 0 Å². The van der Waals surface area contributed by atoms with Gasteiger partial charge in [-0.15, -0.1) is 0 Å². The Kier molecular flexibility index (Phi) is 5.90. The second-order valence-electron chi connectivity index (χ2n) is 4.68. The van der Waals surface area contributed by atoms with Gasteiger partial charge in [-0.25, -0.2) is 13.1 Å². The van der Waals surface area contributed by atoms with Crippen LogP contribution in [0.1, 0.15) is 5.56 Å². The van der Waals surface area contributed by atoms with Gasteiger partial charge in [-0.2, -0.15) is 18.0 Å². The van der Waals surface area contributed by atoms with Gasteiger partial charge in [0, 0.05) is 27.2 Å². The molecule has 0 aliphatic heterocycles. The third kappa shape index (κ3) is 4.96. The van der Waals surface area contributed by atoms with Crippen LogP contribution in [0.3, 0.4) is 0 Å². The van der Waals surface area contributed by atoms with E-state index < -0.39 is 20.2 Å². The molecule has 0 heterocycles. The van der Waals surface area contributed by atoms with E-state index in [0.29, 0.717) is 11.3 Å². The molecule has 10 heteroatoms. The van der Waals surface area contributed by atoms with Crippen LogP contribution in [0.2, 0.25) is 0 Å². The largest absolute Gasteiger partial charge is 0.278 e. The Morgan fingerprint density at radius 3 is 2.36 bits per heavy atom. The van der Waals surface area contributed by atoms with Crippen molar-refractivity contribution >= 4 is 25.9 Å². The molecule has 22 heavy (non-hydrogen) atoms. The predicted octanol–water partition coefficient (Wildman–Crippen LogP) is -0.280. The van der Waals surface area contributed by atoms with E-state index in [0.717, 1.165) is 14.9 Å². The van der Waals surface area contributed by atoms with Crippen molar-refractivity contribution in [2.75, 3.05) is 37.7 Å². The molecule has 8 nitrogen and oxygen atoms in total. The summed E-state index contributed by atoms with van der Waals surface area (Å²) in [6.45, 7) is -0.175. The highest BCUT2D eigenvalue weighted by molar-refractivity contribution is 7.92. The maximum absolute atomic E-state index is 11.9. The third-order valence-corrected chi connectivity index (χ3v) is 5.47. The van der Waals surface area contributed by atoms with Crippen LogP contribution in [0.25, 0.3) is 0 Å². The zero-order chi connectivity index (χ0) is 17.0. The Morgan fingerprint density at radius 2 is 1.86 bits per heavy atom. The highest BCUT2D eigenvalue weighted by Crippen LogP contribution is 2.18. The molecule has 0 aliphatic carbocycles. The first-order chi connectivity index (χ1) is 10.1. The number of sulfonamides is 1. The average molecular weight is 346 g/mol. The van der Waals surface area contributed by atoms with Gasteiger partial charge in [0.05, 0.1) is 23.6 Å². The zero-order valence-corrected chi connectivity index (χ0v) is 14.1. The van der Waals surface area contributed by atoms with Crippen LogP contribution in [-0.4, -0.2) is 54.6 Å². The molecule has 0 spiro atoms. The van der Waals surface area contributed by atoms with E-state index in [1.54, 1.807) is 18.2 Å². The van der Waals surface area contributed by atoms with E-state index in [-0.39, 0.29) is 13.1 Å². The Labute approximate surface area is 131 Å². The normalized spacial score (nSPS) is 12.1. The lowest BCUT2D eigenvalue weighted by Crippen LogP contribution is -2.42. The number of nitrogens with zero attached hydrogens (tertiary/aromatic N) is 3. The number of anilines is 1. The van der Waals surface area contributed by atoms with Gasteiger partial charge >= 0.3 is 0 Å². The van der Waals surface area contributed by atoms with Gasteiger partial charge in [-0.1, -0.05) is 6.07 Å². The molecule has 0 unspecified atom stereocenters. The quantitative estimate of drug-likeness (QED) is 0.730. The van der Waals surface area contributed by atoms with Gasteiger partial charge in [-0.3, -0.25) is 4.31 Å². The van der Waals surface area contributed by atoms with Crippen molar-refractivity contribution in [1.29, 1.82) is 5.26 Å². The van der Waals surface area contributed by atoms with Crippen molar-refractivity contribution in [3.8, 4) is 6.07 Å². The molecule has 0 bridgehead atoms. The summed E-state index contributed by atoms with van der Waals surface area (Å²) in [5, 5.41) is 8.88. The van der Waals surface area contributed by atoms with Crippen LogP contribution in [0.5, 0.6) is 0 Å². The first-order valence-electron chi connectivity index (χ1n) is 6.23. The number of hydrogen-bond acceptors (Lipinski definition) is 5. The molecule has 0 radical (unpaired) electrons. The van der Waals surface area contributed by atoms with Crippen LogP contribution >= 0.6 is 0 Å². The fourth-order valence-electron chi connectivity index (χ4n) is 1.62. The maximum Gasteiger partial charge on any atom is 0.278 e. The van der Waals surface area contributed by atoms with Crippen LogP contribution < -0.4 is 9.03 Å². The van der Waals surface area contributed by atoms with Crippen molar-refractivity contribution in [2.24, 2.45) is 0 Å². The number of rotatable bonds is 7. The van der Waals surface area contributed by atoms with Crippen molar-refractivity contribution in [3.05, 3.63) is 29.8 Å². The number of hydrogen-bond donors (Lipinski definition) is 1. The van der Waals surface area contributed by atoms with E-state index in [4.69, 9.17) is 5.26 Å². The predicted molar refractivity (Wildman–Crippen MR) is 84.0 cm³/mol. The van der Waals surface area contributed by atoms with Crippen molar-refractivity contribution in [2.45, 2.75) is 0 Å². The number of nitrogens with one attached hydrogen (secondary N) is 1. The fourth-order valence-corrected chi connectivity index (χ4v) is 3.15. The molecule has 1 N–H and O–H groups in total. The summed E-state index contributed by atoms with van der Waals surface area (Å²) in [6, 6.07) is 8.03. The lowest BCUT2D eigenvalue weighted by Gasteiger charge is -2.23. The SMILES string of the molecule is CN(C)S(=O)(=O)NCCN(c1cccc(C#N)c1)S(C)(=O)=O. The summed E-state index contributed by atoms with van der Waals surface area (Å²) in [5.74, 6) is 0. The molecule has 1 rings (SSSR count). The summed E-state index contributed by atoms with van der Waals surface area (Å²) in [7, 11) is -4.49. The molecule has 0 saturated heterocycles. The zero-order valence-electron chi connectivity index (χ0n) is 12.5. The van der Waals surface area contributed by atoms with Crippen molar-refractivity contribution in [3.63, 3.8) is 0 Å². The lowest BCUT2D eigenvalue weighted by atomic mass is 10.2. The molecule has 0 amide bonds. The molecule has 1 aromatic rings. The van der Waals surface area contributed by atoms with Crippen LogP contribution in [-0.2, 0) is 20.2 Å². The molecular formula is C12H18N4O4S2. The molecular weight excluding hydrogens is 328 g/mol. The van der Waals surface area contributed by atoms with E-state index in [2.05, 4.69) is 4.72 Å². The molecule has 122 valence electrons. The summed E-state index contributed by atoms with van der Waals surface area (Å²) in [6.07, 6.45) is 1.02. The monoisotopic (exact) mass is 346 g/mol. The van der Waals surface area contributed by atoms with E-state index in [1.165, 1.54) is 20.2 Å². The average Bonchev–Trinajstić information content (AvgIpc) is 2.42. The Hall–Kier alpha value is -1.67. The van der Waals surface area contributed by atoms with E-state index in [9.17, 15) is 16.8 Å². The highest BCUT2D eigenvalue weighted by Gasteiger charge is 2.19. The summed E-state index contributed by atoms with van der Waals surface area (Å²) in [4.78, 5) is 0. The Morgan fingerprint density at radius 1 is 1.23 bits per heavy atom. The Balaban J connectivity index is 2.95. The summed E-state index contributed by atoms with van der Waals surface area (Å²) >= 11 is 0. The van der Waals surface area contributed by atoms with Crippen LogP contribution in [0, 0.1) is 11.3 Å². The first kappa shape index (κ1) is 18.4. The summed E-state index contributed by atoms with van der Waals surface area (Å²) < 4.78 is 51.3. The third-order valence-electron chi connectivity index (χ3n) is 2.74. The minimum absolute atomic E-state index is 0.0826. The van der Waals surface area contributed by atoms with E-state index >= 15 is 0 Å². The van der Waals surface area contributed by atoms with E-state index in [1.807, 2.05) is 6.07 Å². The highest BCUT2D eigenvalue weighted by atomic mass is 32.2. The molecule has 0 aliphatic rings. The molecule has 0 atom stereocenters. The first-order valence-corrected chi connectivity index (χ1v) is 9.52. The topological polar surface area (TPSA) is 111 Å². The fraction of sp³-hybridized carbons (Fsp3) is 0.417. The standard InChI is InChI=1S/C12H18N4O4S2/c1-15(2)22(19,20)14-7-8-16(21(3,17)18)12-6-4-5-11(9-12)10-13/h4-6,9,14H,7-8H2,1-3H3. The van der Waals surface area contributed by atoms with Gasteiger partial charge in [0.1, 0.15) is 0 Å². The van der Waals surface area contributed by atoms with Gasteiger partial charge in [-0.05, 0) is 18.2 Å². The minimum Gasteiger partial charge on any atom is -0.269 e. The smallest absolute Gasteiger partial charge is 0.269 e. The second-order valence-corrected chi connectivity index (χ2v) is 8.55. The second kappa shape index (κ2) is 7.06. The molecule has 1 aromatic carbocycles. The lowest BCUT2D eigenvalue weighted by molar-refractivity contribution is 0.506. The van der Waals surface area contributed by atoms with Gasteiger partial charge < -0.3 is 0 Å². The molecule has 0 aromatic heterocycles. The number of nitriles is 1. The van der Waals surface area contributed by atoms with Crippen molar-refractivity contribution < 1.29 is 16.8 Å². The number of benzene rings is 1. The van der Waals surface area contributed by atoms with Crippen LogP contribution in [0.4, 0.5) is 5.69 Å². The molecule has 0 saturated carbocycles.